The molecule has 1 atom stereocenters. The molecule has 5 nitrogen and oxygen atoms in total. The number of rotatable bonds is 10. The van der Waals surface area contributed by atoms with Crippen molar-refractivity contribution < 1.29 is 17.5 Å². The van der Waals surface area contributed by atoms with Crippen molar-refractivity contribution >= 4 is 10.0 Å². The van der Waals surface area contributed by atoms with E-state index < -0.39 is 27.1 Å². The van der Waals surface area contributed by atoms with Gasteiger partial charge in [-0.1, -0.05) is 31.5 Å². The molecule has 0 aliphatic carbocycles. The first-order valence-electron chi connectivity index (χ1n) is 7.37. The third kappa shape index (κ3) is 5.64. The topological polar surface area (TPSA) is 81.4 Å². The monoisotopic (exact) mass is 332 g/mol. The summed E-state index contributed by atoms with van der Waals surface area (Å²) in [6.07, 6.45) is 2.15. The molecule has 3 N–H and O–H groups in total. The highest BCUT2D eigenvalue weighted by Gasteiger charge is 2.34. The number of hydrogen-bond acceptors (Lipinski definition) is 4. The molecule has 1 rings (SSSR count). The van der Waals surface area contributed by atoms with E-state index in [-0.39, 0.29) is 18.6 Å². The van der Waals surface area contributed by atoms with Crippen LogP contribution in [0.25, 0.3) is 0 Å². The van der Waals surface area contributed by atoms with Crippen LogP contribution in [0.5, 0.6) is 0 Å². The average Bonchev–Trinajstić information content (AvgIpc) is 2.47. The highest BCUT2D eigenvalue weighted by atomic mass is 32.2. The number of benzene rings is 1. The number of unbranched alkanes of at least 4 members (excludes halogenated alkanes) is 1. The number of nitrogens with one attached hydrogen (secondary N) is 1. The molecule has 0 bridgehead atoms. The SMILES string of the molecule is CCCCOCCC(N)(CS(=O)(=O)NC)c1ccccc1F. The van der Waals surface area contributed by atoms with Gasteiger partial charge in [0.1, 0.15) is 5.82 Å². The van der Waals surface area contributed by atoms with Crippen molar-refractivity contribution in [2.75, 3.05) is 26.0 Å². The van der Waals surface area contributed by atoms with Crippen LogP contribution in [-0.4, -0.2) is 34.4 Å². The van der Waals surface area contributed by atoms with Crippen molar-refractivity contribution in [3.63, 3.8) is 0 Å². The zero-order valence-corrected chi connectivity index (χ0v) is 14.0. The molecular weight excluding hydrogens is 307 g/mol. The van der Waals surface area contributed by atoms with E-state index in [1.165, 1.54) is 19.2 Å². The van der Waals surface area contributed by atoms with Crippen molar-refractivity contribution in [3.05, 3.63) is 35.6 Å². The lowest BCUT2D eigenvalue weighted by Crippen LogP contribution is -2.47. The molecule has 0 saturated heterocycles. The zero-order valence-electron chi connectivity index (χ0n) is 13.1. The third-order valence-corrected chi connectivity index (χ3v) is 5.02. The van der Waals surface area contributed by atoms with Gasteiger partial charge in [-0.3, -0.25) is 0 Å². The maximum Gasteiger partial charge on any atom is 0.213 e. The molecule has 0 aliphatic rings. The van der Waals surface area contributed by atoms with Gasteiger partial charge in [-0.25, -0.2) is 17.5 Å². The summed E-state index contributed by atoms with van der Waals surface area (Å²) in [4.78, 5) is 0. The second kappa shape index (κ2) is 8.57. The normalized spacial score (nSPS) is 14.7. The Morgan fingerprint density at radius 3 is 2.59 bits per heavy atom. The lowest BCUT2D eigenvalue weighted by molar-refractivity contribution is 0.114. The van der Waals surface area contributed by atoms with Crippen molar-refractivity contribution in [3.8, 4) is 0 Å². The van der Waals surface area contributed by atoms with Gasteiger partial charge in [0.25, 0.3) is 0 Å². The molecule has 1 unspecified atom stereocenters. The molecule has 126 valence electrons. The molecule has 0 heterocycles. The van der Waals surface area contributed by atoms with Crippen LogP contribution < -0.4 is 10.5 Å². The van der Waals surface area contributed by atoms with Crippen LogP contribution in [-0.2, 0) is 20.3 Å². The Bertz CT molecular complexity index is 566. The molecule has 0 saturated carbocycles. The van der Waals surface area contributed by atoms with Crippen LogP contribution in [0.1, 0.15) is 31.7 Å². The summed E-state index contributed by atoms with van der Waals surface area (Å²) < 4.78 is 45.5. The molecule has 0 aromatic heterocycles. The molecule has 1 aromatic rings. The fraction of sp³-hybridized carbons (Fsp3) is 0.600. The first-order chi connectivity index (χ1) is 10.3. The number of ether oxygens (including phenoxy) is 1. The molecule has 0 amide bonds. The molecular formula is C15H25FN2O3S. The Kier molecular flexibility index (Phi) is 7.41. The average molecular weight is 332 g/mol. The molecule has 0 aliphatic heterocycles. The Labute approximate surface area is 132 Å². The maximum absolute atomic E-state index is 14.1. The maximum atomic E-state index is 14.1. The summed E-state index contributed by atoms with van der Waals surface area (Å²) in [5.74, 6) is -0.904. The van der Waals surface area contributed by atoms with E-state index >= 15 is 0 Å². The van der Waals surface area contributed by atoms with E-state index in [4.69, 9.17) is 10.5 Å². The quantitative estimate of drug-likeness (QED) is 0.640. The largest absolute Gasteiger partial charge is 0.381 e. The smallest absolute Gasteiger partial charge is 0.213 e. The van der Waals surface area contributed by atoms with Gasteiger partial charge in [0, 0.05) is 18.8 Å². The van der Waals surface area contributed by atoms with E-state index in [0.29, 0.717) is 6.61 Å². The van der Waals surface area contributed by atoms with Crippen LogP contribution in [0.2, 0.25) is 0 Å². The van der Waals surface area contributed by atoms with Crippen molar-refractivity contribution in [2.45, 2.75) is 31.7 Å². The summed E-state index contributed by atoms with van der Waals surface area (Å²) in [7, 11) is -2.27. The zero-order chi connectivity index (χ0) is 16.6. The fourth-order valence-corrected chi connectivity index (χ4v) is 3.29. The van der Waals surface area contributed by atoms with Gasteiger partial charge < -0.3 is 10.5 Å². The highest BCUT2D eigenvalue weighted by molar-refractivity contribution is 7.89. The summed E-state index contributed by atoms with van der Waals surface area (Å²) in [6, 6.07) is 5.99. The number of nitrogens with two attached hydrogens (primary N) is 1. The lowest BCUT2D eigenvalue weighted by Gasteiger charge is -2.30. The second-order valence-electron chi connectivity index (χ2n) is 5.32. The summed E-state index contributed by atoms with van der Waals surface area (Å²) in [5.41, 5.74) is 5.11. The van der Waals surface area contributed by atoms with Crippen LogP contribution in [0, 0.1) is 5.82 Å². The Morgan fingerprint density at radius 1 is 1.32 bits per heavy atom. The van der Waals surface area contributed by atoms with E-state index in [9.17, 15) is 12.8 Å². The minimum atomic E-state index is -3.59. The standard InChI is InChI=1S/C15H25FN2O3S/c1-3-4-10-21-11-9-15(17,12-22(19,20)18-2)13-7-5-6-8-14(13)16/h5-8,18H,3-4,9-12,17H2,1-2H3. The Hall–Kier alpha value is -1.02. The first-order valence-corrected chi connectivity index (χ1v) is 9.02. The fourth-order valence-electron chi connectivity index (χ4n) is 2.16. The van der Waals surface area contributed by atoms with Gasteiger partial charge in [-0.05, 0) is 26.0 Å². The van der Waals surface area contributed by atoms with E-state index in [2.05, 4.69) is 11.6 Å². The molecule has 22 heavy (non-hydrogen) atoms. The van der Waals surface area contributed by atoms with Gasteiger partial charge >= 0.3 is 0 Å². The van der Waals surface area contributed by atoms with Gasteiger partial charge in [-0.15, -0.1) is 0 Å². The van der Waals surface area contributed by atoms with Crippen LogP contribution in [0.3, 0.4) is 0 Å². The first kappa shape index (κ1) is 19.0. The third-order valence-electron chi connectivity index (χ3n) is 3.50. The molecule has 0 spiro atoms. The molecule has 0 radical (unpaired) electrons. The predicted octanol–water partition coefficient (Wildman–Crippen LogP) is 1.74. The Morgan fingerprint density at radius 2 is 2.00 bits per heavy atom. The number of hydrogen-bond donors (Lipinski definition) is 2. The van der Waals surface area contributed by atoms with Gasteiger partial charge in [0.15, 0.2) is 0 Å². The lowest BCUT2D eigenvalue weighted by atomic mass is 9.89. The highest BCUT2D eigenvalue weighted by Crippen LogP contribution is 2.26. The summed E-state index contributed by atoms with van der Waals surface area (Å²) in [6.45, 7) is 2.92. The summed E-state index contributed by atoms with van der Waals surface area (Å²) in [5, 5.41) is 0. The van der Waals surface area contributed by atoms with E-state index in [0.717, 1.165) is 12.8 Å². The van der Waals surface area contributed by atoms with Gasteiger partial charge in [-0.2, -0.15) is 0 Å². The minimum absolute atomic E-state index is 0.188. The van der Waals surface area contributed by atoms with Crippen molar-refractivity contribution in [1.82, 2.24) is 4.72 Å². The second-order valence-corrected chi connectivity index (χ2v) is 7.24. The molecule has 7 heteroatoms. The van der Waals surface area contributed by atoms with Gasteiger partial charge in [0.2, 0.25) is 10.0 Å². The predicted molar refractivity (Wildman–Crippen MR) is 85.5 cm³/mol. The van der Waals surface area contributed by atoms with E-state index in [1.54, 1.807) is 12.1 Å². The Balaban J connectivity index is 2.92. The van der Waals surface area contributed by atoms with Crippen molar-refractivity contribution in [1.29, 1.82) is 0 Å². The number of halogens is 1. The van der Waals surface area contributed by atoms with E-state index in [1.807, 2.05) is 0 Å². The number of sulfonamides is 1. The van der Waals surface area contributed by atoms with Crippen LogP contribution in [0.15, 0.2) is 24.3 Å². The van der Waals surface area contributed by atoms with Crippen LogP contribution >= 0.6 is 0 Å². The van der Waals surface area contributed by atoms with Crippen LogP contribution in [0.4, 0.5) is 4.39 Å². The summed E-state index contributed by atoms with van der Waals surface area (Å²) >= 11 is 0. The minimum Gasteiger partial charge on any atom is -0.381 e. The molecule has 0 fully saturated rings. The molecule has 1 aromatic carbocycles. The van der Waals surface area contributed by atoms with Gasteiger partial charge in [0.05, 0.1) is 11.3 Å². The van der Waals surface area contributed by atoms with Crippen molar-refractivity contribution in [2.24, 2.45) is 5.73 Å².